The van der Waals surface area contributed by atoms with Crippen molar-refractivity contribution in [2.45, 2.75) is 0 Å². The fourth-order valence-corrected chi connectivity index (χ4v) is 1.46. The molecule has 94 valence electrons. The van der Waals surface area contributed by atoms with Crippen molar-refractivity contribution in [2.75, 3.05) is 34.2 Å². The maximum Gasteiger partial charge on any atom is 0.344 e. The van der Waals surface area contributed by atoms with E-state index in [1.807, 2.05) is 0 Å². The van der Waals surface area contributed by atoms with Crippen LogP contribution in [0.25, 0.3) is 0 Å². The van der Waals surface area contributed by atoms with Crippen molar-refractivity contribution in [1.82, 2.24) is 0 Å². The molecule has 1 aromatic rings. The minimum atomic E-state index is -0.614. The standard InChI is InChI=1S/C11H15NO5/c1-14-6-5-7(15-2)10(16-3)8(9(6)12)11(13)17-4/h5H,12H2,1-4H3. The number of hydrogen-bond acceptors (Lipinski definition) is 6. The first-order chi connectivity index (χ1) is 8.10. The molecule has 17 heavy (non-hydrogen) atoms. The van der Waals surface area contributed by atoms with Gasteiger partial charge >= 0.3 is 5.97 Å². The number of nitrogen functional groups attached to an aromatic ring is 1. The van der Waals surface area contributed by atoms with Crippen molar-refractivity contribution in [3.8, 4) is 17.2 Å². The molecule has 6 nitrogen and oxygen atoms in total. The van der Waals surface area contributed by atoms with Crippen molar-refractivity contribution in [1.29, 1.82) is 0 Å². The summed E-state index contributed by atoms with van der Waals surface area (Å²) in [6.45, 7) is 0. The molecule has 6 heteroatoms. The molecule has 0 saturated carbocycles. The van der Waals surface area contributed by atoms with Gasteiger partial charge in [-0.2, -0.15) is 0 Å². The van der Waals surface area contributed by atoms with Crippen LogP contribution in [0.2, 0.25) is 0 Å². The van der Waals surface area contributed by atoms with Gasteiger partial charge in [-0.1, -0.05) is 0 Å². The van der Waals surface area contributed by atoms with Gasteiger partial charge < -0.3 is 24.7 Å². The highest BCUT2D eigenvalue weighted by atomic mass is 16.5. The number of anilines is 1. The van der Waals surface area contributed by atoms with Gasteiger partial charge in [-0.25, -0.2) is 4.79 Å². The van der Waals surface area contributed by atoms with E-state index < -0.39 is 5.97 Å². The molecule has 0 atom stereocenters. The Balaban J connectivity index is 3.55. The van der Waals surface area contributed by atoms with Crippen LogP contribution in [0.15, 0.2) is 6.07 Å². The van der Waals surface area contributed by atoms with Crippen molar-refractivity contribution < 1.29 is 23.7 Å². The molecule has 0 aliphatic carbocycles. The summed E-state index contributed by atoms with van der Waals surface area (Å²) in [4.78, 5) is 11.7. The molecule has 0 unspecified atom stereocenters. The highest BCUT2D eigenvalue weighted by Gasteiger charge is 2.24. The number of rotatable bonds is 4. The monoisotopic (exact) mass is 241 g/mol. The molecule has 0 heterocycles. The summed E-state index contributed by atoms with van der Waals surface area (Å²) in [7, 11) is 5.57. The molecular weight excluding hydrogens is 226 g/mol. The Labute approximate surface area is 99.2 Å². The number of carbonyl (C=O) groups is 1. The summed E-state index contributed by atoms with van der Waals surface area (Å²) < 4.78 is 19.9. The van der Waals surface area contributed by atoms with E-state index in [-0.39, 0.29) is 17.0 Å². The first kappa shape index (κ1) is 13.0. The molecule has 0 aliphatic heterocycles. The Morgan fingerprint density at radius 2 is 1.65 bits per heavy atom. The summed E-state index contributed by atoms with van der Waals surface area (Å²) in [5, 5.41) is 0. The number of carbonyl (C=O) groups excluding carboxylic acids is 1. The van der Waals surface area contributed by atoms with Crippen LogP contribution in [-0.4, -0.2) is 34.4 Å². The molecule has 0 bridgehead atoms. The van der Waals surface area contributed by atoms with E-state index in [0.29, 0.717) is 11.5 Å². The summed E-state index contributed by atoms with van der Waals surface area (Å²) in [6.07, 6.45) is 0. The number of ether oxygens (including phenoxy) is 4. The third kappa shape index (κ3) is 2.20. The summed E-state index contributed by atoms with van der Waals surface area (Å²) in [6, 6.07) is 1.54. The third-order valence-corrected chi connectivity index (χ3v) is 2.28. The second-order valence-electron chi connectivity index (χ2n) is 3.09. The number of esters is 1. The second kappa shape index (κ2) is 5.29. The first-order valence-electron chi connectivity index (χ1n) is 4.77. The van der Waals surface area contributed by atoms with Crippen LogP contribution in [-0.2, 0) is 4.74 Å². The lowest BCUT2D eigenvalue weighted by Gasteiger charge is -2.16. The first-order valence-corrected chi connectivity index (χ1v) is 4.77. The molecule has 2 N–H and O–H groups in total. The van der Waals surface area contributed by atoms with E-state index in [9.17, 15) is 4.79 Å². The average Bonchev–Trinajstić information content (AvgIpc) is 2.36. The van der Waals surface area contributed by atoms with Crippen LogP contribution in [0.3, 0.4) is 0 Å². The summed E-state index contributed by atoms with van der Waals surface area (Å²) >= 11 is 0. The molecule has 0 radical (unpaired) electrons. The van der Waals surface area contributed by atoms with Crippen LogP contribution >= 0.6 is 0 Å². The normalized spacial score (nSPS) is 9.65. The number of methoxy groups -OCH3 is 4. The molecule has 0 saturated heterocycles. The Morgan fingerprint density at radius 3 is 2.06 bits per heavy atom. The van der Waals surface area contributed by atoms with E-state index in [1.165, 1.54) is 28.4 Å². The topological polar surface area (TPSA) is 80.0 Å². The Kier molecular flexibility index (Phi) is 4.03. The zero-order valence-electron chi connectivity index (χ0n) is 10.2. The lowest BCUT2D eigenvalue weighted by atomic mass is 10.1. The fourth-order valence-electron chi connectivity index (χ4n) is 1.46. The van der Waals surface area contributed by atoms with E-state index in [0.717, 1.165) is 0 Å². The molecule has 1 aromatic carbocycles. The summed E-state index contributed by atoms with van der Waals surface area (Å²) in [5.41, 5.74) is 6.05. The Hall–Kier alpha value is -2.11. The fraction of sp³-hybridized carbons (Fsp3) is 0.364. The highest BCUT2D eigenvalue weighted by molar-refractivity contribution is 6.00. The maximum atomic E-state index is 11.7. The van der Waals surface area contributed by atoms with E-state index in [2.05, 4.69) is 4.74 Å². The Bertz CT molecular complexity index is 430. The molecule has 0 aliphatic rings. The van der Waals surface area contributed by atoms with Gasteiger partial charge in [0.05, 0.1) is 34.1 Å². The van der Waals surface area contributed by atoms with Gasteiger partial charge in [0.2, 0.25) is 0 Å². The summed E-state index contributed by atoms with van der Waals surface area (Å²) in [5.74, 6) is 0.274. The van der Waals surface area contributed by atoms with E-state index in [1.54, 1.807) is 6.07 Å². The van der Waals surface area contributed by atoms with Gasteiger partial charge in [-0.15, -0.1) is 0 Å². The number of nitrogens with two attached hydrogens (primary N) is 1. The van der Waals surface area contributed by atoms with Gasteiger partial charge in [-0.3, -0.25) is 0 Å². The maximum absolute atomic E-state index is 11.7. The molecule has 1 rings (SSSR count). The average molecular weight is 241 g/mol. The van der Waals surface area contributed by atoms with Gasteiger partial charge in [0.1, 0.15) is 11.3 Å². The highest BCUT2D eigenvalue weighted by Crippen LogP contribution is 2.41. The number of benzene rings is 1. The van der Waals surface area contributed by atoms with Crippen LogP contribution in [0.4, 0.5) is 5.69 Å². The predicted molar refractivity (Wildman–Crippen MR) is 61.8 cm³/mol. The van der Waals surface area contributed by atoms with Crippen molar-refractivity contribution in [3.05, 3.63) is 11.6 Å². The van der Waals surface area contributed by atoms with Crippen LogP contribution in [0, 0.1) is 0 Å². The van der Waals surface area contributed by atoms with Crippen LogP contribution in [0.1, 0.15) is 10.4 Å². The van der Waals surface area contributed by atoms with E-state index >= 15 is 0 Å². The minimum Gasteiger partial charge on any atom is -0.494 e. The predicted octanol–water partition coefficient (Wildman–Crippen LogP) is 1.08. The van der Waals surface area contributed by atoms with E-state index in [4.69, 9.17) is 19.9 Å². The van der Waals surface area contributed by atoms with Crippen molar-refractivity contribution in [3.63, 3.8) is 0 Å². The second-order valence-corrected chi connectivity index (χ2v) is 3.09. The SMILES string of the molecule is COC(=O)c1c(N)c(OC)cc(OC)c1OC. The van der Waals surface area contributed by atoms with Gasteiger partial charge in [0.25, 0.3) is 0 Å². The number of hydrogen-bond donors (Lipinski definition) is 1. The van der Waals surface area contributed by atoms with Crippen LogP contribution in [0.5, 0.6) is 17.2 Å². The molecule has 0 fully saturated rings. The van der Waals surface area contributed by atoms with Gasteiger partial charge in [0, 0.05) is 6.07 Å². The molecule has 0 spiro atoms. The zero-order chi connectivity index (χ0) is 13.0. The van der Waals surface area contributed by atoms with Crippen molar-refractivity contribution in [2.24, 2.45) is 0 Å². The van der Waals surface area contributed by atoms with Crippen LogP contribution < -0.4 is 19.9 Å². The lowest BCUT2D eigenvalue weighted by molar-refractivity contribution is 0.0597. The quantitative estimate of drug-likeness (QED) is 0.627. The lowest BCUT2D eigenvalue weighted by Crippen LogP contribution is -2.10. The van der Waals surface area contributed by atoms with Crippen molar-refractivity contribution >= 4 is 11.7 Å². The van der Waals surface area contributed by atoms with Gasteiger partial charge in [0.15, 0.2) is 11.5 Å². The molecular formula is C11H15NO5. The Morgan fingerprint density at radius 1 is 1.06 bits per heavy atom. The smallest absolute Gasteiger partial charge is 0.344 e. The minimum absolute atomic E-state index is 0.0891. The molecule has 0 aromatic heterocycles. The van der Waals surface area contributed by atoms with Gasteiger partial charge in [-0.05, 0) is 0 Å². The largest absolute Gasteiger partial charge is 0.494 e. The third-order valence-electron chi connectivity index (χ3n) is 2.28. The molecule has 0 amide bonds. The zero-order valence-corrected chi connectivity index (χ0v) is 10.2.